The summed E-state index contributed by atoms with van der Waals surface area (Å²) in [5.41, 5.74) is 11.7. The molecule has 1 rings (SSSR count). The fourth-order valence-electron chi connectivity index (χ4n) is 1.67. The summed E-state index contributed by atoms with van der Waals surface area (Å²) in [5.74, 6) is 0.448. The topological polar surface area (TPSA) is 78.3 Å². The maximum absolute atomic E-state index is 11.2. The zero-order chi connectivity index (χ0) is 12.8. The highest BCUT2D eigenvalue weighted by Crippen LogP contribution is 2.22. The van der Waals surface area contributed by atoms with Crippen molar-refractivity contribution in [1.29, 1.82) is 0 Å². The number of carbonyl (C=O) groups is 1. The first kappa shape index (κ1) is 13.4. The molecule has 0 heterocycles. The van der Waals surface area contributed by atoms with Crippen LogP contribution in [-0.4, -0.2) is 12.5 Å². The van der Waals surface area contributed by atoms with Crippen molar-refractivity contribution in [3.05, 3.63) is 23.8 Å². The van der Waals surface area contributed by atoms with Crippen LogP contribution in [-0.2, 0) is 0 Å². The maximum atomic E-state index is 11.2. The minimum Gasteiger partial charge on any atom is -0.492 e. The van der Waals surface area contributed by atoms with Crippen LogP contribution in [0.4, 0.5) is 5.69 Å². The fraction of sp³-hybridized carbons (Fsp3) is 0.462. The smallest absolute Gasteiger partial charge is 0.252 e. The number of nitrogen functional groups attached to an aromatic ring is 1. The van der Waals surface area contributed by atoms with E-state index in [9.17, 15) is 4.79 Å². The number of rotatable bonds is 6. The zero-order valence-corrected chi connectivity index (χ0v) is 10.4. The van der Waals surface area contributed by atoms with Gasteiger partial charge in [-0.25, -0.2) is 0 Å². The number of hydrogen-bond donors (Lipinski definition) is 2. The summed E-state index contributed by atoms with van der Waals surface area (Å²) < 4.78 is 5.61. The Balaban J connectivity index is 2.73. The lowest BCUT2D eigenvalue weighted by molar-refractivity contribution is 0.0995. The molecule has 0 saturated carbocycles. The molecule has 0 aliphatic rings. The highest BCUT2D eigenvalue weighted by molar-refractivity contribution is 5.96. The molecule has 0 fully saturated rings. The third-order valence-electron chi connectivity index (χ3n) is 2.57. The van der Waals surface area contributed by atoms with E-state index in [1.165, 1.54) is 0 Å². The predicted molar refractivity (Wildman–Crippen MR) is 68.9 cm³/mol. The fourth-order valence-corrected chi connectivity index (χ4v) is 1.67. The number of carbonyl (C=O) groups excluding carboxylic acids is 1. The Hall–Kier alpha value is -1.71. The molecule has 1 unspecified atom stereocenters. The Morgan fingerprint density at radius 1 is 1.47 bits per heavy atom. The van der Waals surface area contributed by atoms with Gasteiger partial charge in [0.1, 0.15) is 5.75 Å². The molecule has 0 spiro atoms. The van der Waals surface area contributed by atoms with Gasteiger partial charge in [0.05, 0.1) is 12.2 Å². The van der Waals surface area contributed by atoms with Gasteiger partial charge < -0.3 is 16.2 Å². The lowest BCUT2D eigenvalue weighted by Gasteiger charge is -2.14. The molecule has 1 aromatic rings. The monoisotopic (exact) mass is 236 g/mol. The van der Waals surface area contributed by atoms with Crippen LogP contribution in [0.3, 0.4) is 0 Å². The molecule has 0 bridgehead atoms. The van der Waals surface area contributed by atoms with Crippen LogP contribution in [0.2, 0.25) is 0 Å². The molecule has 4 heteroatoms. The molecule has 0 radical (unpaired) electrons. The van der Waals surface area contributed by atoms with Crippen LogP contribution in [0.1, 0.15) is 37.0 Å². The molecule has 1 amide bonds. The largest absolute Gasteiger partial charge is 0.492 e. The van der Waals surface area contributed by atoms with Crippen molar-refractivity contribution in [2.24, 2.45) is 11.7 Å². The van der Waals surface area contributed by atoms with Crippen molar-refractivity contribution in [3.63, 3.8) is 0 Å². The quantitative estimate of drug-likeness (QED) is 0.743. The van der Waals surface area contributed by atoms with Crippen LogP contribution in [0, 0.1) is 5.92 Å². The number of anilines is 1. The summed E-state index contributed by atoms with van der Waals surface area (Å²) in [6, 6.07) is 4.93. The molecular weight excluding hydrogens is 216 g/mol. The first-order chi connectivity index (χ1) is 8.04. The van der Waals surface area contributed by atoms with Gasteiger partial charge in [0, 0.05) is 5.69 Å². The van der Waals surface area contributed by atoms with E-state index in [1.54, 1.807) is 18.2 Å². The van der Waals surface area contributed by atoms with Crippen molar-refractivity contribution in [2.45, 2.75) is 26.7 Å². The third-order valence-corrected chi connectivity index (χ3v) is 2.57. The number of nitrogens with two attached hydrogens (primary N) is 2. The van der Waals surface area contributed by atoms with E-state index in [-0.39, 0.29) is 0 Å². The summed E-state index contributed by atoms with van der Waals surface area (Å²) in [6.07, 6.45) is 2.22. The van der Waals surface area contributed by atoms with E-state index >= 15 is 0 Å². The molecule has 0 aliphatic heterocycles. The van der Waals surface area contributed by atoms with Crippen molar-refractivity contribution in [3.8, 4) is 5.75 Å². The molecule has 1 atom stereocenters. The number of hydrogen-bond acceptors (Lipinski definition) is 3. The first-order valence-corrected chi connectivity index (χ1v) is 5.86. The molecule has 1 aromatic carbocycles. The van der Waals surface area contributed by atoms with Gasteiger partial charge in [-0.15, -0.1) is 0 Å². The van der Waals surface area contributed by atoms with Gasteiger partial charge in [-0.2, -0.15) is 0 Å². The second kappa shape index (κ2) is 6.13. The molecule has 4 nitrogen and oxygen atoms in total. The molecule has 4 N–H and O–H groups in total. The van der Waals surface area contributed by atoms with E-state index in [1.807, 2.05) is 0 Å². The van der Waals surface area contributed by atoms with Crippen LogP contribution < -0.4 is 16.2 Å². The summed E-state index contributed by atoms with van der Waals surface area (Å²) in [5, 5.41) is 0. The molecular formula is C13H20N2O2. The van der Waals surface area contributed by atoms with Crippen LogP contribution in [0.25, 0.3) is 0 Å². The van der Waals surface area contributed by atoms with Gasteiger partial charge in [0.25, 0.3) is 5.91 Å². The van der Waals surface area contributed by atoms with Gasteiger partial charge in [-0.05, 0) is 30.5 Å². The molecule has 0 saturated heterocycles. The molecule has 17 heavy (non-hydrogen) atoms. The van der Waals surface area contributed by atoms with Gasteiger partial charge in [-0.3, -0.25) is 4.79 Å². The summed E-state index contributed by atoms with van der Waals surface area (Å²) >= 11 is 0. The van der Waals surface area contributed by atoms with E-state index < -0.39 is 5.91 Å². The average Bonchev–Trinajstić information content (AvgIpc) is 2.27. The maximum Gasteiger partial charge on any atom is 0.252 e. The second-order valence-electron chi connectivity index (χ2n) is 4.32. The summed E-state index contributed by atoms with van der Waals surface area (Å²) in [4.78, 5) is 11.2. The minimum atomic E-state index is -0.518. The molecule has 0 aromatic heterocycles. The van der Waals surface area contributed by atoms with Gasteiger partial charge >= 0.3 is 0 Å². The van der Waals surface area contributed by atoms with Crippen molar-refractivity contribution < 1.29 is 9.53 Å². The van der Waals surface area contributed by atoms with E-state index in [2.05, 4.69) is 13.8 Å². The second-order valence-corrected chi connectivity index (χ2v) is 4.32. The van der Waals surface area contributed by atoms with Gasteiger partial charge in [0.15, 0.2) is 0 Å². The number of amides is 1. The SMILES string of the molecule is CCCC(C)COc1ccc(N)cc1C(N)=O. The number of primary amides is 1. The molecule has 94 valence electrons. The van der Waals surface area contributed by atoms with Crippen LogP contribution in [0.15, 0.2) is 18.2 Å². The first-order valence-electron chi connectivity index (χ1n) is 5.86. The lowest BCUT2D eigenvalue weighted by atomic mass is 10.1. The van der Waals surface area contributed by atoms with Gasteiger partial charge in [-0.1, -0.05) is 20.3 Å². The highest BCUT2D eigenvalue weighted by atomic mass is 16.5. The third kappa shape index (κ3) is 3.98. The predicted octanol–water partition coefficient (Wildman–Crippen LogP) is 2.18. The van der Waals surface area contributed by atoms with Crippen molar-refractivity contribution >= 4 is 11.6 Å². The Morgan fingerprint density at radius 2 is 2.18 bits per heavy atom. The Morgan fingerprint density at radius 3 is 2.76 bits per heavy atom. The Kier molecular flexibility index (Phi) is 4.82. The van der Waals surface area contributed by atoms with Crippen molar-refractivity contribution in [1.82, 2.24) is 0 Å². The van der Waals surface area contributed by atoms with E-state index in [4.69, 9.17) is 16.2 Å². The Labute approximate surface area is 102 Å². The van der Waals surface area contributed by atoms with Crippen LogP contribution in [0.5, 0.6) is 5.75 Å². The van der Waals surface area contributed by atoms with Crippen LogP contribution >= 0.6 is 0 Å². The van der Waals surface area contributed by atoms with Gasteiger partial charge in [0.2, 0.25) is 0 Å². The standard InChI is InChI=1S/C13H20N2O2/c1-3-4-9(2)8-17-12-6-5-10(14)7-11(12)13(15)16/h5-7,9H,3-4,8,14H2,1-2H3,(H2,15,16). The van der Waals surface area contributed by atoms with E-state index in [0.29, 0.717) is 29.5 Å². The van der Waals surface area contributed by atoms with Crippen molar-refractivity contribution in [2.75, 3.05) is 12.3 Å². The minimum absolute atomic E-state index is 0.341. The van der Waals surface area contributed by atoms with E-state index in [0.717, 1.165) is 12.8 Å². The molecule has 0 aliphatic carbocycles. The Bertz CT molecular complexity index is 391. The average molecular weight is 236 g/mol. The number of ether oxygens (including phenoxy) is 1. The summed E-state index contributed by atoms with van der Waals surface area (Å²) in [6.45, 7) is 4.83. The lowest BCUT2D eigenvalue weighted by Crippen LogP contribution is -2.15. The normalized spacial score (nSPS) is 12.1. The summed E-state index contributed by atoms with van der Waals surface area (Å²) in [7, 11) is 0. The zero-order valence-electron chi connectivity index (χ0n) is 10.4. The highest BCUT2D eigenvalue weighted by Gasteiger charge is 2.11. The number of benzene rings is 1.